The largest absolute Gasteiger partial charge is 0.330 e. The second-order valence-electron chi connectivity index (χ2n) is 9.70. The van der Waals surface area contributed by atoms with Gasteiger partial charge in [-0.05, 0) is 34.4 Å². The highest BCUT2D eigenvalue weighted by atomic mass is 16.2. The van der Waals surface area contributed by atoms with Gasteiger partial charge in [0.2, 0.25) is 0 Å². The van der Waals surface area contributed by atoms with Crippen LogP contribution in [-0.2, 0) is 26.2 Å². The molecule has 5 nitrogen and oxygen atoms in total. The van der Waals surface area contributed by atoms with Crippen molar-refractivity contribution in [2.75, 3.05) is 0 Å². The number of rotatable bonds is 10. The lowest BCUT2D eigenvalue weighted by atomic mass is 10.1. The first-order valence-electron chi connectivity index (χ1n) is 13.4. The van der Waals surface area contributed by atoms with Gasteiger partial charge in [0.05, 0.1) is 5.56 Å². The normalized spacial score (nSPS) is 10.6. The SMILES string of the molecule is O=C(c1ccc(C(=O)N(Cc2ccccc2)Cc2ccccc2)nc1)N(Cc1ccccc1)Cc1ccccc1. The molecule has 0 aliphatic rings. The van der Waals surface area contributed by atoms with E-state index in [1.807, 2.05) is 121 Å². The number of pyridine rings is 1. The molecule has 5 rings (SSSR count). The third-order valence-electron chi connectivity index (χ3n) is 6.67. The molecule has 0 fully saturated rings. The summed E-state index contributed by atoms with van der Waals surface area (Å²) in [6.07, 6.45) is 1.52. The molecule has 1 aromatic heterocycles. The number of aromatic nitrogens is 1. The average molecular weight is 526 g/mol. The maximum atomic E-state index is 13.6. The van der Waals surface area contributed by atoms with Gasteiger partial charge >= 0.3 is 0 Å². The van der Waals surface area contributed by atoms with Crippen molar-refractivity contribution in [2.45, 2.75) is 26.2 Å². The highest BCUT2D eigenvalue weighted by Gasteiger charge is 2.21. The van der Waals surface area contributed by atoms with Crippen LogP contribution in [0.15, 0.2) is 140 Å². The molecule has 0 N–H and O–H groups in total. The van der Waals surface area contributed by atoms with E-state index >= 15 is 0 Å². The van der Waals surface area contributed by atoms with Gasteiger partial charge in [-0.25, -0.2) is 0 Å². The monoisotopic (exact) mass is 525 g/mol. The van der Waals surface area contributed by atoms with E-state index < -0.39 is 0 Å². The number of carbonyl (C=O) groups excluding carboxylic acids is 2. The van der Waals surface area contributed by atoms with Crippen LogP contribution in [0.3, 0.4) is 0 Å². The molecule has 0 spiro atoms. The van der Waals surface area contributed by atoms with Crippen LogP contribution in [-0.4, -0.2) is 26.6 Å². The van der Waals surface area contributed by atoms with Gasteiger partial charge in [0.15, 0.2) is 0 Å². The Morgan fingerprint density at radius 1 is 0.450 bits per heavy atom. The van der Waals surface area contributed by atoms with Crippen LogP contribution in [0.2, 0.25) is 0 Å². The number of nitrogens with zero attached hydrogens (tertiary/aromatic N) is 3. The smallest absolute Gasteiger partial charge is 0.273 e. The Labute approximate surface area is 235 Å². The lowest BCUT2D eigenvalue weighted by molar-refractivity contribution is 0.0713. The fraction of sp³-hybridized carbons (Fsp3) is 0.114. The molecule has 0 radical (unpaired) electrons. The van der Waals surface area contributed by atoms with Crippen molar-refractivity contribution in [3.05, 3.63) is 173 Å². The second kappa shape index (κ2) is 13.2. The molecule has 2 amide bonds. The molecule has 0 bridgehead atoms. The van der Waals surface area contributed by atoms with Crippen molar-refractivity contribution in [1.29, 1.82) is 0 Å². The van der Waals surface area contributed by atoms with E-state index in [9.17, 15) is 9.59 Å². The van der Waals surface area contributed by atoms with Gasteiger partial charge < -0.3 is 9.80 Å². The maximum absolute atomic E-state index is 13.6. The zero-order chi connectivity index (χ0) is 27.6. The average Bonchev–Trinajstić information content (AvgIpc) is 3.02. The summed E-state index contributed by atoms with van der Waals surface area (Å²) in [5, 5.41) is 0. The summed E-state index contributed by atoms with van der Waals surface area (Å²) in [4.78, 5) is 35.3. The molecule has 4 aromatic carbocycles. The van der Waals surface area contributed by atoms with Crippen molar-refractivity contribution in [3.63, 3.8) is 0 Å². The summed E-state index contributed by atoms with van der Waals surface area (Å²) < 4.78 is 0. The number of carbonyl (C=O) groups is 2. The van der Waals surface area contributed by atoms with Gasteiger partial charge in [0.25, 0.3) is 11.8 Å². The molecule has 0 atom stereocenters. The Hall–Kier alpha value is -5.03. The van der Waals surface area contributed by atoms with Gasteiger partial charge in [-0.3, -0.25) is 14.6 Å². The van der Waals surface area contributed by atoms with Crippen molar-refractivity contribution < 1.29 is 9.59 Å². The lowest BCUT2D eigenvalue weighted by Crippen LogP contribution is -2.32. The highest BCUT2D eigenvalue weighted by molar-refractivity contribution is 5.96. The summed E-state index contributed by atoms with van der Waals surface area (Å²) in [6.45, 7) is 1.85. The second-order valence-corrected chi connectivity index (χ2v) is 9.70. The Morgan fingerprint density at radius 2 is 0.800 bits per heavy atom. The minimum Gasteiger partial charge on any atom is -0.330 e. The van der Waals surface area contributed by atoms with E-state index in [1.165, 1.54) is 6.20 Å². The summed E-state index contributed by atoms with van der Waals surface area (Å²) in [5.41, 5.74) is 4.92. The van der Waals surface area contributed by atoms with Crippen molar-refractivity contribution in [1.82, 2.24) is 14.8 Å². The standard InChI is InChI=1S/C35H31N3O2/c39-34(37(24-28-13-5-1-6-14-28)25-29-15-7-2-8-16-29)32-21-22-33(36-23-32)35(40)38(26-30-17-9-3-10-18-30)27-31-19-11-4-12-20-31/h1-23H,24-27H2. The number of hydrogen-bond donors (Lipinski definition) is 0. The Morgan fingerprint density at radius 3 is 1.12 bits per heavy atom. The van der Waals surface area contributed by atoms with E-state index in [4.69, 9.17) is 0 Å². The third kappa shape index (κ3) is 7.08. The van der Waals surface area contributed by atoms with Crippen molar-refractivity contribution in [2.24, 2.45) is 0 Å². The van der Waals surface area contributed by atoms with Crippen molar-refractivity contribution >= 4 is 11.8 Å². The molecular formula is C35H31N3O2. The number of amides is 2. The molecule has 0 aliphatic heterocycles. The Bertz CT molecular complexity index is 1310. The van der Waals surface area contributed by atoms with E-state index in [0.29, 0.717) is 37.4 Å². The minimum atomic E-state index is -0.183. The van der Waals surface area contributed by atoms with Gasteiger partial charge in [-0.15, -0.1) is 0 Å². The van der Waals surface area contributed by atoms with Crippen LogP contribution >= 0.6 is 0 Å². The predicted molar refractivity (Wildman–Crippen MR) is 157 cm³/mol. The summed E-state index contributed by atoms with van der Waals surface area (Å²) >= 11 is 0. The quantitative estimate of drug-likeness (QED) is 0.202. The zero-order valence-corrected chi connectivity index (χ0v) is 22.3. The first-order chi connectivity index (χ1) is 19.7. The van der Waals surface area contributed by atoms with E-state index in [2.05, 4.69) is 4.98 Å². The number of hydrogen-bond acceptors (Lipinski definition) is 3. The Balaban J connectivity index is 1.36. The minimum absolute atomic E-state index is 0.135. The summed E-state index contributed by atoms with van der Waals surface area (Å²) in [7, 11) is 0. The molecule has 0 saturated carbocycles. The first kappa shape index (κ1) is 26.6. The van der Waals surface area contributed by atoms with Crippen LogP contribution in [0.4, 0.5) is 0 Å². The molecule has 5 heteroatoms. The van der Waals surface area contributed by atoms with Gasteiger partial charge in [-0.1, -0.05) is 121 Å². The van der Waals surface area contributed by atoms with Gasteiger partial charge in [-0.2, -0.15) is 0 Å². The van der Waals surface area contributed by atoms with Gasteiger partial charge in [0, 0.05) is 32.4 Å². The highest BCUT2D eigenvalue weighted by Crippen LogP contribution is 2.17. The van der Waals surface area contributed by atoms with E-state index in [0.717, 1.165) is 22.3 Å². The molecule has 0 aliphatic carbocycles. The topological polar surface area (TPSA) is 53.5 Å². The third-order valence-corrected chi connectivity index (χ3v) is 6.67. The Kier molecular flexibility index (Phi) is 8.74. The van der Waals surface area contributed by atoms with Crippen LogP contribution in [0.25, 0.3) is 0 Å². The fourth-order valence-electron chi connectivity index (χ4n) is 4.61. The molecular weight excluding hydrogens is 494 g/mol. The van der Waals surface area contributed by atoms with Crippen LogP contribution in [0, 0.1) is 0 Å². The number of benzene rings is 4. The summed E-state index contributed by atoms with van der Waals surface area (Å²) in [6, 6.07) is 43.1. The van der Waals surface area contributed by atoms with E-state index in [1.54, 1.807) is 21.9 Å². The van der Waals surface area contributed by atoms with Crippen LogP contribution < -0.4 is 0 Å². The molecule has 198 valence electrons. The molecule has 1 heterocycles. The summed E-state index contributed by atoms with van der Waals surface area (Å²) in [5.74, 6) is -0.318. The van der Waals surface area contributed by atoms with Crippen LogP contribution in [0.5, 0.6) is 0 Å². The maximum Gasteiger partial charge on any atom is 0.273 e. The molecule has 0 saturated heterocycles. The molecule has 5 aromatic rings. The predicted octanol–water partition coefficient (Wildman–Crippen LogP) is 6.77. The molecule has 0 unspecified atom stereocenters. The van der Waals surface area contributed by atoms with Crippen LogP contribution in [0.1, 0.15) is 43.1 Å². The van der Waals surface area contributed by atoms with E-state index in [-0.39, 0.29) is 11.8 Å². The van der Waals surface area contributed by atoms with Gasteiger partial charge in [0.1, 0.15) is 5.69 Å². The fourth-order valence-corrected chi connectivity index (χ4v) is 4.61. The first-order valence-corrected chi connectivity index (χ1v) is 13.4. The van der Waals surface area contributed by atoms with Crippen molar-refractivity contribution in [3.8, 4) is 0 Å². The molecule has 40 heavy (non-hydrogen) atoms. The lowest BCUT2D eigenvalue weighted by Gasteiger charge is -2.24. The zero-order valence-electron chi connectivity index (χ0n) is 22.3.